The molecule has 0 bridgehead atoms. The Bertz CT molecular complexity index is 390. The Labute approximate surface area is 97.2 Å². The third-order valence-corrected chi connectivity index (χ3v) is 3.16. The standard InChI is InChI=1S/C9H9NS.2C2H6/c1-6-7(2)11-9-3-4-10-5-8(6)9;2*1-2/h3-5H,1-2H3;2*1-2H3. The second-order valence-corrected chi connectivity index (χ2v) is 3.91. The summed E-state index contributed by atoms with van der Waals surface area (Å²) in [5.74, 6) is 0. The van der Waals surface area contributed by atoms with Gasteiger partial charge in [-0.25, -0.2) is 0 Å². The lowest BCUT2D eigenvalue weighted by Gasteiger charge is -1.87. The Kier molecular flexibility index (Phi) is 6.97. The third kappa shape index (κ3) is 3.31. The van der Waals surface area contributed by atoms with Crippen molar-refractivity contribution in [2.45, 2.75) is 41.5 Å². The number of aryl methyl sites for hydroxylation is 2. The molecule has 0 unspecified atom stereocenters. The predicted molar refractivity (Wildman–Crippen MR) is 71.8 cm³/mol. The number of nitrogens with zero attached hydrogens (tertiary/aromatic N) is 1. The second kappa shape index (κ2) is 7.41. The van der Waals surface area contributed by atoms with Crippen molar-refractivity contribution >= 4 is 21.4 Å². The Morgan fingerprint density at radius 1 is 1.07 bits per heavy atom. The fraction of sp³-hybridized carbons (Fsp3) is 0.462. The molecule has 0 saturated carbocycles. The maximum absolute atomic E-state index is 4.09. The average molecular weight is 223 g/mol. The molecular weight excluding hydrogens is 202 g/mol. The van der Waals surface area contributed by atoms with Gasteiger partial charge in [0.2, 0.25) is 0 Å². The first-order valence-electron chi connectivity index (χ1n) is 5.59. The van der Waals surface area contributed by atoms with Crippen molar-refractivity contribution in [3.8, 4) is 0 Å². The summed E-state index contributed by atoms with van der Waals surface area (Å²) in [6.45, 7) is 12.3. The van der Waals surface area contributed by atoms with Gasteiger partial charge >= 0.3 is 0 Å². The number of hydrogen-bond acceptors (Lipinski definition) is 2. The summed E-state index contributed by atoms with van der Waals surface area (Å²) in [6.07, 6.45) is 3.78. The molecule has 0 spiro atoms. The Morgan fingerprint density at radius 2 is 1.67 bits per heavy atom. The van der Waals surface area contributed by atoms with Gasteiger partial charge in [0.1, 0.15) is 0 Å². The minimum Gasteiger partial charge on any atom is -0.264 e. The number of thiophene rings is 1. The van der Waals surface area contributed by atoms with Crippen LogP contribution in [0.5, 0.6) is 0 Å². The van der Waals surface area contributed by atoms with Crippen LogP contribution in [0.1, 0.15) is 38.1 Å². The molecule has 0 fully saturated rings. The van der Waals surface area contributed by atoms with E-state index in [0.29, 0.717) is 0 Å². The molecule has 0 N–H and O–H groups in total. The van der Waals surface area contributed by atoms with E-state index < -0.39 is 0 Å². The van der Waals surface area contributed by atoms with E-state index >= 15 is 0 Å². The molecule has 0 atom stereocenters. The predicted octanol–water partition coefficient (Wildman–Crippen LogP) is 4.97. The molecule has 0 aliphatic carbocycles. The highest BCUT2D eigenvalue weighted by atomic mass is 32.1. The van der Waals surface area contributed by atoms with Gasteiger partial charge < -0.3 is 0 Å². The van der Waals surface area contributed by atoms with Crippen LogP contribution in [-0.2, 0) is 0 Å². The van der Waals surface area contributed by atoms with Crippen molar-refractivity contribution in [3.63, 3.8) is 0 Å². The summed E-state index contributed by atoms with van der Waals surface area (Å²) in [5, 5.41) is 1.30. The molecule has 2 heteroatoms. The summed E-state index contributed by atoms with van der Waals surface area (Å²) in [6, 6.07) is 2.07. The van der Waals surface area contributed by atoms with Gasteiger partial charge in [0, 0.05) is 27.4 Å². The zero-order chi connectivity index (χ0) is 11.8. The van der Waals surface area contributed by atoms with Crippen LogP contribution in [0.25, 0.3) is 10.1 Å². The molecule has 1 nitrogen and oxygen atoms in total. The molecular formula is C13H21NS. The molecule has 2 heterocycles. The van der Waals surface area contributed by atoms with E-state index in [-0.39, 0.29) is 0 Å². The molecule has 84 valence electrons. The molecule has 0 radical (unpaired) electrons. The fourth-order valence-corrected chi connectivity index (χ4v) is 2.22. The van der Waals surface area contributed by atoms with Crippen LogP contribution in [0, 0.1) is 13.8 Å². The maximum Gasteiger partial charge on any atom is 0.0379 e. The third-order valence-electron chi connectivity index (χ3n) is 1.98. The van der Waals surface area contributed by atoms with Crippen molar-refractivity contribution in [2.75, 3.05) is 0 Å². The van der Waals surface area contributed by atoms with Crippen LogP contribution in [0.15, 0.2) is 18.5 Å². The van der Waals surface area contributed by atoms with Gasteiger partial charge in [0.25, 0.3) is 0 Å². The average Bonchev–Trinajstić information content (AvgIpc) is 2.61. The monoisotopic (exact) mass is 223 g/mol. The van der Waals surface area contributed by atoms with Crippen LogP contribution < -0.4 is 0 Å². The number of rotatable bonds is 0. The van der Waals surface area contributed by atoms with Gasteiger partial charge in [0.15, 0.2) is 0 Å². The molecule has 2 rings (SSSR count). The zero-order valence-corrected chi connectivity index (χ0v) is 11.4. The van der Waals surface area contributed by atoms with E-state index in [2.05, 4.69) is 24.9 Å². The Hall–Kier alpha value is -0.890. The first-order chi connectivity index (χ1) is 7.29. The number of fused-ring (bicyclic) bond motifs is 1. The van der Waals surface area contributed by atoms with Crippen molar-refractivity contribution in [1.29, 1.82) is 0 Å². The van der Waals surface area contributed by atoms with E-state index in [0.717, 1.165) is 0 Å². The number of pyridine rings is 1. The summed E-state index contributed by atoms with van der Waals surface area (Å²) >= 11 is 1.84. The SMILES string of the molecule is CC.CC.Cc1sc2ccncc2c1C. The number of hydrogen-bond donors (Lipinski definition) is 0. The fourth-order valence-electron chi connectivity index (χ4n) is 1.18. The van der Waals surface area contributed by atoms with Gasteiger partial charge in [-0.15, -0.1) is 11.3 Å². The molecule has 0 amide bonds. The topological polar surface area (TPSA) is 12.9 Å². The van der Waals surface area contributed by atoms with Crippen molar-refractivity contribution in [2.24, 2.45) is 0 Å². The van der Waals surface area contributed by atoms with Crippen molar-refractivity contribution in [3.05, 3.63) is 28.9 Å². The molecule has 0 aliphatic heterocycles. The molecule has 0 aromatic carbocycles. The normalized spacial score (nSPS) is 8.67. The van der Waals surface area contributed by atoms with Crippen LogP contribution in [0.4, 0.5) is 0 Å². The quantitative estimate of drug-likeness (QED) is 0.614. The van der Waals surface area contributed by atoms with Crippen LogP contribution >= 0.6 is 11.3 Å². The zero-order valence-electron chi connectivity index (χ0n) is 10.6. The number of aromatic nitrogens is 1. The second-order valence-electron chi connectivity index (χ2n) is 2.66. The summed E-state index contributed by atoms with van der Waals surface area (Å²) in [5.41, 5.74) is 1.37. The lowest BCUT2D eigenvalue weighted by Crippen LogP contribution is -1.71. The Balaban J connectivity index is 0.000000442. The maximum atomic E-state index is 4.09. The molecule has 2 aromatic heterocycles. The van der Waals surface area contributed by atoms with Crippen molar-refractivity contribution < 1.29 is 0 Å². The highest BCUT2D eigenvalue weighted by Gasteiger charge is 2.02. The van der Waals surface area contributed by atoms with E-state index in [1.165, 1.54) is 20.5 Å². The molecule has 2 aromatic rings. The first kappa shape index (κ1) is 14.1. The van der Waals surface area contributed by atoms with Gasteiger partial charge in [-0.2, -0.15) is 0 Å². The highest BCUT2D eigenvalue weighted by Crippen LogP contribution is 2.28. The van der Waals surface area contributed by atoms with Crippen LogP contribution in [0.2, 0.25) is 0 Å². The summed E-state index contributed by atoms with van der Waals surface area (Å²) < 4.78 is 1.34. The summed E-state index contributed by atoms with van der Waals surface area (Å²) in [4.78, 5) is 5.49. The van der Waals surface area contributed by atoms with E-state index in [1.54, 1.807) is 0 Å². The van der Waals surface area contributed by atoms with Crippen molar-refractivity contribution in [1.82, 2.24) is 4.98 Å². The van der Waals surface area contributed by atoms with Gasteiger partial charge in [0.05, 0.1) is 0 Å². The van der Waals surface area contributed by atoms with E-state index in [4.69, 9.17) is 0 Å². The highest BCUT2D eigenvalue weighted by molar-refractivity contribution is 7.19. The molecule has 15 heavy (non-hydrogen) atoms. The van der Waals surface area contributed by atoms with Gasteiger partial charge in [-0.1, -0.05) is 27.7 Å². The van der Waals surface area contributed by atoms with Gasteiger partial charge in [-0.05, 0) is 25.5 Å². The van der Waals surface area contributed by atoms with E-state index in [1.807, 2.05) is 51.4 Å². The lowest BCUT2D eigenvalue weighted by molar-refractivity contribution is 1.36. The lowest BCUT2D eigenvalue weighted by atomic mass is 10.2. The largest absolute Gasteiger partial charge is 0.264 e. The molecule has 0 aliphatic rings. The van der Waals surface area contributed by atoms with Crippen LogP contribution in [-0.4, -0.2) is 4.98 Å². The minimum atomic E-state index is 1.30. The molecule has 0 saturated heterocycles. The van der Waals surface area contributed by atoms with Crippen LogP contribution in [0.3, 0.4) is 0 Å². The van der Waals surface area contributed by atoms with Gasteiger partial charge in [-0.3, -0.25) is 4.98 Å². The summed E-state index contributed by atoms with van der Waals surface area (Å²) in [7, 11) is 0. The first-order valence-corrected chi connectivity index (χ1v) is 6.40. The minimum absolute atomic E-state index is 1.30. The Morgan fingerprint density at radius 3 is 2.20 bits per heavy atom. The van der Waals surface area contributed by atoms with E-state index in [9.17, 15) is 0 Å². The smallest absolute Gasteiger partial charge is 0.0379 e.